The summed E-state index contributed by atoms with van der Waals surface area (Å²) in [6.07, 6.45) is 0. The third kappa shape index (κ3) is 3.12. The molecule has 0 aliphatic carbocycles. The quantitative estimate of drug-likeness (QED) is 0.842. The predicted octanol–water partition coefficient (Wildman–Crippen LogP) is 1.46. The van der Waals surface area contributed by atoms with E-state index in [0.29, 0.717) is 16.3 Å². The number of amides is 1. The zero-order chi connectivity index (χ0) is 12.1. The Balaban J connectivity index is 2.93. The fourth-order valence-corrected chi connectivity index (χ4v) is 1.38. The van der Waals surface area contributed by atoms with Crippen molar-refractivity contribution in [1.29, 1.82) is 0 Å². The maximum absolute atomic E-state index is 11.8. The number of carbonyl (C=O) groups is 1. The molecule has 0 heterocycles. The van der Waals surface area contributed by atoms with Gasteiger partial charge >= 0.3 is 0 Å². The predicted molar refractivity (Wildman–Crippen MR) is 62.0 cm³/mol. The van der Waals surface area contributed by atoms with Gasteiger partial charge in [0.1, 0.15) is 5.75 Å². The lowest BCUT2D eigenvalue weighted by Crippen LogP contribution is -2.35. The molecule has 1 amide bonds. The average molecular weight is 244 g/mol. The molecular weight excluding hydrogens is 230 g/mol. The molecule has 1 atom stereocenters. The van der Waals surface area contributed by atoms with Gasteiger partial charge in [-0.3, -0.25) is 4.79 Å². The lowest BCUT2D eigenvalue weighted by Gasteiger charge is -2.13. The highest BCUT2D eigenvalue weighted by atomic mass is 35.5. The standard InChI is InChI=1S/C11H14ClNO3/c1-7(6-14)13-11(15)9-5-8(12)3-4-10(9)16-2/h3-5,7,14H,6H2,1-2H3,(H,13,15)/t7-/m1/s1. The molecule has 0 aliphatic rings. The third-order valence-electron chi connectivity index (χ3n) is 2.06. The molecule has 0 aliphatic heterocycles. The van der Waals surface area contributed by atoms with Crippen LogP contribution in [0.5, 0.6) is 5.75 Å². The van der Waals surface area contributed by atoms with Gasteiger partial charge in [-0.25, -0.2) is 0 Å². The van der Waals surface area contributed by atoms with Crippen LogP contribution in [-0.2, 0) is 0 Å². The summed E-state index contributed by atoms with van der Waals surface area (Å²) < 4.78 is 5.05. The molecule has 88 valence electrons. The van der Waals surface area contributed by atoms with Crippen LogP contribution in [0.3, 0.4) is 0 Å². The lowest BCUT2D eigenvalue weighted by atomic mass is 10.1. The summed E-state index contributed by atoms with van der Waals surface area (Å²) in [4.78, 5) is 11.8. The topological polar surface area (TPSA) is 58.6 Å². The van der Waals surface area contributed by atoms with E-state index in [-0.39, 0.29) is 18.6 Å². The van der Waals surface area contributed by atoms with Crippen LogP contribution in [0.1, 0.15) is 17.3 Å². The summed E-state index contributed by atoms with van der Waals surface area (Å²) in [5, 5.41) is 11.9. The number of aliphatic hydroxyl groups is 1. The van der Waals surface area contributed by atoms with Crippen molar-refractivity contribution in [3.05, 3.63) is 28.8 Å². The maximum atomic E-state index is 11.8. The number of nitrogens with one attached hydrogen (secondary N) is 1. The van der Waals surface area contributed by atoms with Crippen molar-refractivity contribution in [1.82, 2.24) is 5.32 Å². The zero-order valence-corrected chi connectivity index (χ0v) is 9.91. The smallest absolute Gasteiger partial charge is 0.255 e. The van der Waals surface area contributed by atoms with Gasteiger partial charge in [-0.2, -0.15) is 0 Å². The molecule has 5 heteroatoms. The maximum Gasteiger partial charge on any atom is 0.255 e. The van der Waals surface area contributed by atoms with Crippen LogP contribution in [0.2, 0.25) is 5.02 Å². The van der Waals surface area contributed by atoms with Crippen LogP contribution in [-0.4, -0.2) is 30.8 Å². The Labute approximate surface area is 99.2 Å². The minimum Gasteiger partial charge on any atom is -0.496 e. The van der Waals surface area contributed by atoms with E-state index in [1.807, 2.05) is 0 Å². The van der Waals surface area contributed by atoms with E-state index in [1.165, 1.54) is 13.2 Å². The van der Waals surface area contributed by atoms with Gasteiger partial charge in [0.25, 0.3) is 5.91 Å². The third-order valence-corrected chi connectivity index (χ3v) is 2.29. The number of carbonyl (C=O) groups excluding carboxylic acids is 1. The summed E-state index contributed by atoms with van der Waals surface area (Å²) in [5.74, 6) is 0.132. The first kappa shape index (κ1) is 12.8. The van der Waals surface area contributed by atoms with Gasteiger partial charge in [0.15, 0.2) is 0 Å². The second-order valence-corrected chi connectivity index (χ2v) is 3.84. The fourth-order valence-electron chi connectivity index (χ4n) is 1.20. The first-order valence-electron chi connectivity index (χ1n) is 4.83. The molecule has 0 aromatic heterocycles. The minimum absolute atomic E-state index is 0.116. The number of ether oxygens (including phenoxy) is 1. The Kier molecular flexibility index (Phi) is 4.58. The van der Waals surface area contributed by atoms with Crippen LogP contribution >= 0.6 is 11.6 Å². The molecule has 1 rings (SSSR count). The first-order chi connectivity index (χ1) is 7.58. The number of hydrogen-bond donors (Lipinski definition) is 2. The van der Waals surface area contributed by atoms with E-state index in [1.54, 1.807) is 19.1 Å². The minimum atomic E-state index is -0.319. The summed E-state index contributed by atoms with van der Waals surface area (Å²) in [7, 11) is 1.48. The fraction of sp³-hybridized carbons (Fsp3) is 0.364. The molecule has 0 saturated carbocycles. The lowest BCUT2D eigenvalue weighted by molar-refractivity contribution is 0.0919. The van der Waals surface area contributed by atoms with Gasteiger partial charge in [0.2, 0.25) is 0 Å². The second kappa shape index (κ2) is 5.72. The van der Waals surface area contributed by atoms with Crippen LogP contribution in [0.4, 0.5) is 0 Å². The molecule has 0 fully saturated rings. The largest absolute Gasteiger partial charge is 0.496 e. The number of halogens is 1. The van der Waals surface area contributed by atoms with E-state index in [2.05, 4.69) is 5.32 Å². The Morgan fingerprint density at radius 3 is 2.88 bits per heavy atom. The molecule has 1 aromatic carbocycles. The van der Waals surface area contributed by atoms with Crippen molar-refractivity contribution in [2.24, 2.45) is 0 Å². The summed E-state index contributed by atoms with van der Waals surface area (Å²) in [6, 6.07) is 4.49. The van der Waals surface area contributed by atoms with E-state index >= 15 is 0 Å². The number of aliphatic hydroxyl groups excluding tert-OH is 1. The van der Waals surface area contributed by atoms with Crippen LogP contribution in [0.25, 0.3) is 0 Å². The van der Waals surface area contributed by atoms with E-state index in [9.17, 15) is 4.79 Å². The number of rotatable bonds is 4. The average Bonchev–Trinajstić information content (AvgIpc) is 2.28. The van der Waals surface area contributed by atoms with Gasteiger partial charge in [-0.05, 0) is 25.1 Å². The molecule has 0 saturated heterocycles. The Hall–Kier alpha value is -1.26. The van der Waals surface area contributed by atoms with Crippen molar-refractivity contribution in [2.45, 2.75) is 13.0 Å². The molecule has 2 N–H and O–H groups in total. The van der Waals surface area contributed by atoms with Crippen molar-refractivity contribution in [3.63, 3.8) is 0 Å². The first-order valence-corrected chi connectivity index (χ1v) is 5.21. The summed E-state index contributed by atoms with van der Waals surface area (Å²) >= 11 is 5.80. The number of methoxy groups -OCH3 is 1. The van der Waals surface area contributed by atoms with Gasteiger partial charge in [0, 0.05) is 11.1 Å². The SMILES string of the molecule is COc1ccc(Cl)cc1C(=O)N[C@H](C)CO. The monoisotopic (exact) mass is 243 g/mol. The zero-order valence-electron chi connectivity index (χ0n) is 9.16. The summed E-state index contributed by atoms with van der Waals surface area (Å²) in [5.41, 5.74) is 0.357. The summed E-state index contributed by atoms with van der Waals surface area (Å²) in [6.45, 7) is 1.59. The second-order valence-electron chi connectivity index (χ2n) is 3.40. The number of benzene rings is 1. The Bertz CT molecular complexity index is 381. The van der Waals surface area contributed by atoms with E-state index in [4.69, 9.17) is 21.4 Å². The van der Waals surface area contributed by atoms with Gasteiger partial charge in [-0.15, -0.1) is 0 Å². The highest BCUT2D eigenvalue weighted by Crippen LogP contribution is 2.22. The van der Waals surface area contributed by atoms with Gasteiger partial charge in [-0.1, -0.05) is 11.6 Å². The molecule has 16 heavy (non-hydrogen) atoms. The van der Waals surface area contributed by atoms with E-state index < -0.39 is 0 Å². The van der Waals surface area contributed by atoms with Gasteiger partial charge < -0.3 is 15.2 Å². The van der Waals surface area contributed by atoms with Crippen molar-refractivity contribution < 1.29 is 14.6 Å². The molecule has 0 unspecified atom stereocenters. The van der Waals surface area contributed by atoms with E-state index in [0.717, 1.165) is 0 Å². The molecule has 1 aromatic rings. The van der Waals surface area contributed by atoms with Crippen molar-refractivity contribution in [3.8, 4) is 5.75 Å². The highest BCUT2D eigenvalue weighted by Gasteiger charge is 2.14. The Morgan fingerprint density at radius 1 is 1.62 bits per heavy atom. The van der Waals surface area contributed by atoms with Crippen molar-refractivity contribution in [2.75, 3.05) is 13.7 Å². The molecule has 4 nitrogen and oxygen atoms in total. The van der Waals surface area contributed by atoms with Crippen LogP contribution < -0.4 is 10.1 Å². The molecule has 0 spiro atoms. The molecule has 0 radical (unpaired) electrons. The Morgan fingerprint density at radius 2 is 2.31 bits per heavy atom. The van der Waals surface area contributed by atoms with Crippen LogP contribution in [0.15, 0.2) is 18.2 Å². The number of hydrogen-bond acceptors (Lipinski definition) is 3. The van der Waals surface area contributed by atoms with Gasteiger partial charge in [0.05, 0.1) is 19.3 Å². The van der Waals surface area contributed by atoms with Crippen molar-refractivity contribution >= 4 is 17.5 Å². The highest BCUT2D eigenvalue weighted by molar-refractivity contribution is 6.31. The van der Waals surface area contributed by atoms with Crippen LogP contribution in [0, 0.1) is 0 Å². The molecule has 0 bridgehead atoms. The normalized spacial score (nSPS) is 12.0. The molecular formula is C11H14ClNO3.